The SMILES string of the molecule is O=C1NC(O)S/C1=C\c1ccc([OH2+])cc1. The lowest BCUT2D eigenvalue weighted by atomic mass is 10.2. The molecule has 15 heavy (non-hydrogen) atoms. The molecule has 0 spiro atoms. The first kappa shape index (κ1) is 10.1. The third kappa shape index (κ3) is 2.31. The van der Waals surface area contributed by atoms with Gasteiger partial charge in [-0.3, -0.25) is 4.79 Å². The van der Waals surface area contributed by atoms with Gasteiger partial charge in [0, 0.05) is 12.1 Å². The summed E-state index contributed by atoms with van der Waals surface area (Å²) in [7, 11) is 0. The molecule has 0 aliphatic carbocycles. The number of thioether (sulfide) groups is 1. The van der Waals surface area contributed by atoms with Crippen LogP contribution in [-0.4, -0.2) is 21.7 Å². The Hall–Kier alpha value is -1.46. The number of hydrogen-bond acceptors (Lipinski definition) is 3. The minimum absolute atomic E-state index is 0.262. The number of rotatable bonds is 1. The van der Waals surface area contributed by atoms with Gasteiger partial charge in [-0.05, 0) is 23.8 Å². The molecule has 1 aromatic carbocycles. The molecule has 2 rings (SSSR count). The van der Waals surface area contributed by atoms with Crippen LogP contribution < -0.4 is 5.32 Å². The monoisotopic (exact) mass is 224 g/mol. The highest BCUT2D eigenvalue weighted by atomic mass is 32.2. The third-order valence-corrected chi connectivity index (χ3v) is 2.82. The van der Waals surface area contributed by atoms with Crippen LogP contribution in [0, 0.1) is 0 Å². The molecule has 1 aliphatic rings. The van der Waals surface area contributed by atoms with E-state index in [-0.39, 0.29) is 5.91 Å². The zero-order valence-electron chi connectivity index (χ0n) is 7.73. The molecule has 1 aliphatic heterocycles. The normalized spacial score (nSPS) is 23.1. The summed E-state index contributed by atoms with van der Waals surface area (Å²) in [6, 6.07) is 6.82. The Morgan fingerprint density at radius 2 is 2.07 bits per heavy atom. The van der Waals surface area contributed by atoms with E-state index in [1.807, 2.05) is 0 Å². The van der Waals surface area contributed by atoms with Crippen molar-refractivity contribution in [3.05, 3.63) is 34.7 Å². The van der Waals surface area contributed by atoms with Crippen LogP contribution in [0.1, 0.15) is 5.56 Å². The van der Waals surface area contributed by atoms with Crippen molar-refractivity contribution in [1.29, 1.82) is 0 Å². The predicted octanol–water partition coefficient (Wildman–Crippen LogP) is 0.604. The van der Waals surface area contributed by atoms with E-state index in [1.165, 1.54) is 0 Å². The van der Waals surface area contributed by atoms with Gasteiger partial charge in [0.15, 0.2) is 5.56 Å². The number of amides is 1. The van der Waals surface area contributed by atoms with Gasteiger partial charge in [-0.15, -0.1) is 0 Å². The van der Waals surface area contributed by atoms with Crippen LogP contribution in [-0.2, 0) is 4.79 Å². The molecule has 0 radical (unpaired) electrons. The highest BCUT2D eigenvalue weighted by molar-refractivity contribution is 8.05. The minimum Gasteiger partial charge on any atom is -0.593 e. The minimum atomic E-state index is -0.848. The van der Waals surface area contributed by atoms with E-state index in [0.717, 1.165) is 17.3 Å². The van der Waals surface area contributed by atoms with Crippen molar-refractivity contribution in [2.75, 3.05) is 0 Å². The summed E-state index contributed by atoms with van der Waals surface area (Å²) in [5.41, 5.74) is -0.00283. The average Bonchev–Trinajstić information content (AvgIpc) is 2.49. The fraction of sp³-hybridized carbons (Fsp3) is 0.100. The van der Waals surface area contributed by atoms with E-state index in [4.69, 9.17) is 10.2 Å². The molecular formula is C10H10NO3S+. The maximum Gasteiger partial charge on any atom is 0.260 e. The number of aliphatic hydroxyl groups is 1. The molecule has 0 aromatic heterocycles. The molecule has 4 N–H and O–H groups in total. The molecular weight excluding hydrogens is 214 g/mol. The van der Waals surface area contributed by atoms with Gasteiger partial charge >= 0.3 is 0 Å². The van der Waals surface area contributed by atoms with Crippen molar-refractivity contribution < 1.29 is 15.0 Å². The van der Waals surface area contributed by atoms with Crippen LogP contribution in [0.5, 0.6) is 5.75 Å². The van der Waals surface area contributed by atoms with Gasteiger partial charge in [-0.2, -0.15) is 0 Å². The summed E-state index contributed by atoms with van der Waals surface area (Å²) >= 11 is 1.08. The Balaban J connectivity index is 2.23. The first-order valence-electron chi connectivity index (χ1n) is 4.34. The molecule has 0 bridgehead atoms. The van der Waals surface area contributed by atoms with Crippen LogP contribution in [0.3, 0.4) is 0 Å². The van der Waals surface area contributed by atoms with Crippen molar-refractivity contribution >= 4 is 23.7 Å². The van der Waals surface area contributed by atoms with E-state index in [9.17, 15) is 4.79 Å². The second-order valence-corrected chi connectivity index (χ2v) is 4.20. The summed E-state index contributed by atoms with van der Waals surface area (Å²) in [5, 5.41) is 18.8. The summed E-state index contributed by atoms with van der Waals surface area (Å²) in [5.74, 6) is 0.170. The molecule has 1 aromatic rings. The lowest BCUT2D eigenvalue weighted by Crippen LogP contribution is -2.23. The van der Waals surface area contributed by atoms with Gasteiger partial charge < -0.3 is 15.5 Å². The quantitative estimate of drug-likeness (QED) is 0.542. The van der Waals surface area contributed by atoms with Crippen LogP contribution in [0.4, 0.5) is 0 Å². The summed E-state index contributed by atoms with van der Waals surface area (Å²) < 4.78 is 0. The van der Waals surface area contributed by atoms with Crippen molar-refractivity contribution in [3.8, 4) is 5.75 Å². The molecule has 1 unspecified atom stereocenters. The van der Waals surface area contributed by atoms with Crippen molar-refractivity contribution in [2.24, 2.45) is 0 Å². The lowest BCUT2D eigenvalue weighted by Gasteiger charge is -1.94. The van der Waals surface area contributed by atoms with Gasteiger partial charge in [0.2, 0.25) is 0 Å². The fourth-order valence-electron chi connectivity index (χ4n) is 1.22. The second kappa shape index (κ2) is 3.96. The highest BCUT2D eigenvalue weighted by Crippen LogP contribution is 2.27. The molecule has 4 nitrogen and oxygen atoms in total. The van der Waals surface area contributed by atoms with E-state index in [1.54, 1.807) is 30.3 Å². The molecule has 5 heteroatoms. The fourth-order valence-corrected chi connectivity index (χ4v) is 1.99. The topological polar surface area (TPSA) is 72.2 Å². The van der Waals surface area contributed by atoms with E-state index in [2.05, 4.69) is 5.32 Å². The number of carbonyl (C=O) groups is 1. The van der Waals surface area contributed by atoms with Gasteiger partial charge in [0.1, 0.15) is 0 Å². The number of carbonyl (C=O) groups excluding carboxylic acids is 1. The van der Waals surface area contributed by atoms with Crippen molar-refractivity contribution in [3.63, 3.8) is 0 Å². The molecule has 1 saturated heterocycles. The first-order valence-corrected chi connectivity index (χ1v) is 5.22. The van der Waals surface area contributed by atoms with Gasteiger partial charge in [0.05, 0.1) is 4.91 Å². The van der Waals surface area contributed by atoms with Gasteiger partial charge in [-0.25, -0.2) is 0 Å². The molecule has 1 atom stereocenters. The zero-order valence-corrected chi connectivity index (χ0v) is 8.54. The van der Waals surface area contributed by atoms with Crippen LogP contribution in [0.25, 0.3) is 6.08 Å². The predicted molar refractivity (Wildman–Crippen MR) is 59.2 cm³/mol. The van der Waals surface area contributed by atoms with Crippen LogP contribution in [0.15, 0.2) is 29.2 Å². The van der Waals surface area contributed by atoms with Crippen molar-refractivity contribution in [1.82, 2.24) is 5.32 Å². The Kier molecular flexibility index (Phi) is 2.66. The maximum atomic E-state index is 11.3. The Bertz CT molecular complexity index is 413. The smallest absolute Gasteiger partial charge is 0.260 e. The van der Waals surface area contributed by atoms with Gasteiger partial charge in [0.25, 0.3) is 11.7 Å². The second-order valence-electron chi connectivity index (χ2n) is 3.07. The van der Waals surface area contributed by atoms with E-state index < -0.39 is 5.56 Å². The molecule has 1 heterocycles. The summed E-state index contributed by atoms with van der Waals surface area (Å²) in [6.07, 6.45) is 1.69. The molecule has 78 valence electrons. The van der Waals surface area contributed by atoms with Crippen LogP contribution >= 0.6 is 11.8 Å². The Labute approximate surface area is 90.6 Å². The number of benzene rings is 1. The van der Waals surface area contributed by atoms with Crippen LogP contribution in [0.2, 0.25) is 0 Å². The van der Waals surface area contributed by atoms with Gasteiger partial charge in [-0.1, -0.05) is 11.8 Å². The Morgan fingerprint density at radius 1 is 1.40 bits per heavy atom. The molecule has 0 saturated carbocycles. The summed E-state index contributed by atoms with van der Waals surface area (Å²) in [4.78, 5) is 11.7. The Morgan fingerprint density at radius 3 is 2.60 bits per heavy atom. The lowest BCUT2D eigenvalue weighted by molar-refractivity contribution is -0.117. The molecule has 1 fully saturated rings. The zero-order chi connectivity index (χ0) is 10.8. The highest BCUT2D eigenvalue weighted by Gasteiger charge is 2.24. The first-order chi connectivity index (χ1) is 7.15. The maximum absolute atomic E-state index is 11.3. The number of nitrogens with one attached hydrogen (secondary N) is 1. The van der Waals surface area contributed by atoms with Crippen molar-refractivity contribution in [2.45, 2.75) is 5.56 Å². The standard InChI is InChI=1S/C10H9NO3S/c12-7-3-1-6(2-4-7)5-8-9(13)11-10(14)15-8/h1-5,10,12,14H,(H,11,13)/p+1/b8-5-. The number of hydrogen-bond donors (Lipinski definition) is 2. The molecule has 1 amide bonds. The largest absolute Gasteiger partial charge is 0.593 e. The van der Waals surface area contributed by atoms with E-state index in [0.29, 0.717) is 10.7 Å². The number of aliphatic hydroxyl groups excluding tert-OH is 1. The third-order valence-electron chi connectivity index (χ3n) is 1.93. The van der Waals surface area contributed by atoms with E-state index >= 15 is 0 Å². The average molecular weight is 224 g/mol. The summed E-state index contributed by atoms with van der Waals surface area (Å²) in [6.45, 7) is 0.